The van der Waals surface area contributed by atoms with Gasteiger partial charge in [0.25, 0.3) is 0 Å². The van der Waals surface area contributed by atoms with E-state index >= 15 is 0 Å². The second kappa shape index (κ2) is 4.41. The standard InChI is InChI=1S/C13H13NO3/c1-3-9-6-4-5-7-10(9)12-14-8(2)11(17-12)13(15)16/h4-7H,3H2,1-2H3,(H,15,16). The third-order valence-corrected chi connectivity index (χ3v) is 2.62. The molecule has 0 amide bonds. The molecule has 4 heteroatoms. The van der Waals surface area contributed by atoms with Gasteiger partial charge in [0.2, 0.25) is 11.7 Å². The zero-order valence-corrected chi connectivity index (χ0v) is 9.73. The highest BCUT2D eigenvalue weighted by Crippen LogP contribution is 2.25. The summed E-state index contributed by atoms with van der Waals surface area (Å²) in [6, 6.07) is 7.69. The highest BCUT2D eigenvalue weighted by Gasteiger charge is 2.18. The first-order valence-corrected chi connectivity index (χ1v) is 5.42. The van der Waals surface area contributed by atoms with Crippen LogP contribution in [-0.2, 0) is 6.42 Å². The molecule has 88 valence electrons. The quantitative estimate of drug-likeness (QED) is 0.882. The lowest BCUT2D eigenvalue weighted by Crippen LogP contribution is -1.95. The average molecular weight is 231 g/mol. The first-order chi connectivity index (χ1) is 8.13. The largest absolute Gasteiger partial charge is 0.475 e. The summed E-state index contributed by atoms with van der Waals surface area (Å²) < 4.78 is 5.29. The van der Waals surface area contributed by atoms with Gasteiger partial charge in [0.05, 0.1) is 5.69 Å². The first kappa shape index (κ1) is 11.4. The zero-order valence-electron chi connectivity index (χ0n) is 9.73. The van der Waals surface area contributed by atoms with Crippen LogP contribution in [0.5, 0.6) is 0 Å². The highest BCUT2D eigenvalue weighted by atomic mass is 16.4. The van der Waals surface area contributed by atoms with Gasteiger partial charge in [-0.05, 0) is 25.0 Å². The SMILES string of the molecule is CCc1ccccc1-c1nc(C)c(C(=O)O)o1. The van der Waals surface area contributed by atoms with Crippen molar-refractivity contribution in [2.24, 2.45) is 0 Å². The Morgan fingerprint density at radius 2 is 2.12 bits per heavy atom. The Morgan fingerprint density at radius 1 is 1.41 bits per heavy atom. The molecule has 0 unspecified atom stereocenters. The first-order valence-electron chi connectivity index (χ1n) is 5.42. The minimum Gasteiger partial charge on any atom is -0.475 e. The van der Waals surface area contributed by atoms with Gasteiger partial charge < -0.3 is 9.52 Å². The van der Waals surface area contributed by atoms with Crippen LogP contribution >= 0.6 is 0 Å². The third kappa shape index (κ3) is 2.06. The molecule has 0 aliphatic rings. The van der Waals surface area contributed by atoms with Gasteiger partial charge in [0.1, 0.15) is 0 Å². The molecule has 1 heterocycles. The predicted octanol–water partition coefficient (Wildman–Crippen LogP) is 2.91. The monoisotopic (exact) mass is 231 g/mol. The van der Waals surface area contributed by atoms with E-state index in [-0.39, 0.29) is 5.76 Å². The number of rotatable bonds is 3. The molecule has 0 radical (unpaired) electrons. The van der Waals surface area contributed by atoms with Crippen molar-refractivity contribution in [3.8, 4) is 11.5 Å². The number of carbonyl (C=O) groups is 1. The summed E-state index contributed by atoms with van der Waals surface area (Å²) in [5.74, 6) is -0.807. The van der Waals surface area contributed by atoms with E-state index in [1.54, 1.807) is 6.92 Å². The maximum absolute atomic E-state index is 10.9. The van der Waals surface area contributed by atoms with Crippen LogP contribution in [-0.4, -0.2) is 16.1 Å². The summed E-state index contributed by atoms with van der Waals surface area (Å²) in [6.45, 7) is 3.66. The Hall–Kier alpha value is -2.10. The number of benzene rings is 1. The van der Waals surface area contributed by atoms with E-state index in [9.17, 15) is 4.79 Å². The van der Waals surface area contributed by atoms with E-state index in [2.05, 4.69) is 4.98 Å². The van der Waals surface area contributed by atoms with Crippen LogP contribution < -0.4 is 0 Å². The van der Waals surface area contributed by atoms with Crippen molar-refractivity contribution in [1.82, 2.24) is 4.98 Å². The lowest BCUT2D eigenvalue weighted by molar-refractivity contribution is 0.0662. The van der Waals surface area contributed by atoms with Crippen molar-refractivity contribution in [3.63, 3.8) is 0 Å². The Balaban J connectivity index is 2.53. The topological polar surface area (TPSA) is 63.3 Å². The van der Waals surface area contributed by atoms with Crippen LogP contribution in [0.3, 0.4) is 0 Å². The number of carboxylic acids is 1. The minimum absolute atomic E-state index is 0.0918. The van der Waals surface area contributed by atoms with Crippen molar-refractivity contribution >= 4 is 5.97 Å². The second-order valence-electron chi connectivity index (χ2n) is 3.75. The number of hydrogen-bond donors (Lipinski definition) is 1. The fraction of sp³-hybridized carbons (Fsp3) is 0.231. The molecule has 2 rings (SSSR count). The number of nitrogens with zero attached hydrogens (tertiary/aromatic N) is 1. The number of aromatic carboxylic acids is 1. The molecule has 17 heavy (non-hydrogen) atoms. The van der Waals surface area contributed by atoms with Crippen LogP contribution in [0.1, 0.15) is 28.7 Å². The molecule has 0 saturated heterocycles. The van der Waals surface area contributed by atoms with E-state index in [1.165, 1.54) is 0 Å². The van der Waals surface area contributed by atoms with E-state index in [0.717, 1.165) is 17.5 Å². The Bertz CT molecular complexity index is 558. The van der Waals surface area contributed by atoms with Gasteiger partial charge in [-0.25, -0.2) is 9.78 Å². The van der Waals surface area contributed by atoms with Crippen LogP contribution in [0.2, 0.25) is 0 Å². The van der Waals surface area contributed by atoms with Crippen molar-refractivity contribution in [2.45, 2.75) is 20.3 Å². The fourth-order valence-corrected chi connectivity index (χ4v) is 1.75. The van der Waals surface area contributed by atoms with Gasteiger partial charge >= 0.3 is 5.97 Å². The maximum atomic E-state index is 10.9. The molecule has 0 fully saturated rings. The minimum atomic E-state index is -1.09. The summed E-state index contributed by atoms with van der Waals surface area (Å²) in [5.41, 5.74) is 2.34. The molecule has 1 N–H and O–H groups in total. The molecular formula is C13H13NO3. The smallest absolute Gasteiger partial charge is 0.373 e. The van der Waals surface area contributed by atoms with E-state index in [0.29, 0.717) is 11.6 Å². The van der Waals surface area contributed by atoms with Crippen LogP contribution in [0, 0.1) is 6.92 Å². The molecule has 0 saturated carbocycles. The summed E-state index contributed by atoms with van der Waals surface area (Å²) in [4.78, 5) is 15.1. The van der Waals surface area contributed by atoms with E-state index in [4.69, 9.17) is 9.52 Å². The van der Waals surface area contributed by atoms with Gasteiger partial charge in [0.15, 0.2) is 0 Å². The molecule has 0 aliphatic heterocycles. The van der Waals surface area contributed by atoms with Gasteiger partial charge in [-0.15, -0.1) is 0 Å². The number of hydrogen-bond acceptors (Lipinski definition) is 3. The summed E-state index contributed by atoms with van der Waals surface area (Å²) >= 11 is 0. The molecule has 1 aromatic heterocycles. The average Bonchev–Trinajstić information content (AvgIpc) is 2.71. The number of oxazole rings is 1. The second-order valence-corrected chi connectivity index (χ2v) is 3.75. The molecule has 2 aromatic rings. The highest BCUT2D eigenvalue weighted by molar-refractivity contribution is 5.86. The number of carboxylic acid groups (broad SMARTS) is 1. The molecule has 0 spiro atoms. The van der Waals surface area contributed by atoms with E-state index in [1.807, 2.05) is 31.2 Å². The Morgan fingerprint density at radius 3 is 2.71 bits per heavy atom. The van der Waals surface area contributed by atoms with Gasteiger partial charge in [0, 0.05) is 5.56 Å². The molecule has 4 nitrogen and oxygen atoms in total. The van der Waals surface area contributed by atoms with Gasteiger partial charge in [-0.3, -0.25) is 0 Å². The summed E-state index contributed by atoms with van der Waals surface area (Å²) in [5, 5.41) is 8.92. The normalized spacial score (nSPS) is 10.5. The fourth-order valence-electron chi connectivity index (χ4n) is 1.75. The Labute approximate surface area is 98.9 Å². The number of aromatic nitrogens is 1. The Kier molecular flexibility index (Phi) is 2.95. The van der Waals surface area contributed by atoms with Gasteiger partial charge in [-0.2, -0.15) is 0 Å². The maximum Gasteiger partial charge on any atom is 0.373 e. The molecule has 0 atom stereocenters. The van der Waals surface area contributed by atoms with Crippen LogP contribution in [0.4, 0.5) is 0 Å². The number of aryl methyl sites for hydroxylation is 2. The van der Waals surface area contributed by atoms with E-state index < -0.39 is 5.97 Å². The molecule has 0 aliphatic carbocycles. The molecule has 1 aromatic carbocycles. The van der Waals surface area contributed by atoms with Gasteiger partial charge in [-0.1, -0.05) is 25.1 Å². The molecule has 0 bridgehead atoms. The van der Waals surface area contributed by atoms with Crippen molar-refractivity contribution < 1.29 is 14.3 Å². The van der Waals surface area contributed by atoms with Crippen LogP contribution in [0.25, 0.3) is 11.5 Å². The van der Waals surface area contributed by atoms with Crippen molar-refractivity contribution in [1.29, 1.82) is 0 Å². The van der Waals surface area contributed by atoms with Crippen molar-refractivity contribution in [3.05, 3.63) is 41.3 Å². The summed E-state index contributed by atoms with van der Waals surface area (Å²) in [7, 11) is 0. The van der Waals surface area contributed by atoms with Crippen molar-refractivity contribution in [2.75, 3.05) is 0 Å². The lowest BCUT2D eigenvalue weighted by Gasteiger charge is -2.02. The summed E-state index contributed by atoms with van der Waals surface area (Å²) in [6.07, 6.45) is 0.847. The third-order valence-electron chi connectivity index (χ3n) is 2.62. The lowest BCUT2D eigenvalue weighted by atomic mass is 10.1. The zero-order chi connectivity index (χ0) is 12.4. The predicted molar refractivity (Wildman–Crippen MR) is 63.0 cm³/mol. The molecular weight excluding hydrogens is 218 g/mol. The van der Waals surface area contributed by atoms with Crippen LogP contribution in [0.15, 0.2) is 28.7 Å².